The summed E-state index contributed by atoms with van der Waals surface area (Å²) in [5.41, 5.74) is -2.38. The molecule has 0 atom stereocenters. The molecule has 0 saturated heterocycles. The highest BCUT2D eigenvalue weighted by molar-refractivity contribution is 6.30. The number of halogens is 5. The molecule has 0 aliphatic heterocycles. The molecule has 4 nitrogen and oxygen atoms in total. The van der Waals surface area contributed by atoms with Crippen LogP contribution in [-0.4, -0.2) is 9.55 Å². The summed E-state index contributed by atoms with van der Waals surface area (Å²) >= 11 is 5.60. The van der Waals surface area contributed by atoms with Crippen LogP contribution in [0, 0.1) is 5.82 Å². The van der Waals surface area contributed by atoms with Crippen LogP contribution in [0.5, 0.6) is 0 Å². The number of alkyl halides is 3. The minimum atomic E-state index is -4.78. The Morgan fingerprint density at radius 2 is 2.00 bits per heavy atom. The Balaban J connectivity index is 2.53. The van der Waals surface area contributed by atoms with Crippen molar-refractivity contribution in [3.8, 4) is 0 Å². The highest BCUT2D eigenvalue weighted by atomic mass is 35.5. The van der Waals surface area contributed by atoms with Crippen LogP contribution in [0.2, 0.25) is 5.02 Å². The third kappa shape index (κ3) is 3.38. The Morgan fingerprint density at radius 1 is 1.32 bits per heavy atom. The Kier molecular flexibility index (Phi) is 4.41. The second-order valence-corrected chi connectivity index (χ2v) is 4.73. The van der Waals surface area contributed by atoms with Gasteiger partial charge in [0.05, 0.1) is 5.69 Å². The first-order chi connectivity index (χ1) is 10.2. The fraction of sp³-hybridized carbons (Fsp3) is 0.231. The molecule has 2 aromatic rings. The lowest BCUT2D eigenvalue weighted by Gasteiger charge is -2.15. The summed E-state index contributed by atoms with van der Waals surface area (Å²) in [5, 5.41) is 2.52. The normalized spacial score (nSPS) is 11.5. The zero-order chi connectivity index (χ0) is 16.5. The Morgan fingerprint density at radius 3 is 2.55 bits per heavy atom. The van der Waals surface area contributed by atoms with Crippen LogP contribution < -0.4 is 10.9 Å². The van der Waals surface area contributed by atoms with Crippen molar-refractivity contribution in [1.82, 2.24) is 9.55 Å². The lowest BCUT2D eigenvalue weighted by atomic mass is 10.3. The van der Waals surface area contributed by atoms with Gasteiger partial charge in [-0.1, -0.05) is 11.6 Å². The number of nitrogens with one attached hydrogen (secondary N) is 1. The van der Waals surface area contributed by atoms with E-state index in [1.807, 2.05) is 0 Å². The SMILES string of the molecule is CCn1c(Nc2ccc(Cl)cc2F)nc(C(F)(F)F)cc1=O. The third-order valence-electron chi connectivity index (χ3n) is 2.79. The zero-order valence-electron chi connectivity index (χ0n) is 11.2. The predicted molar refractivity (Wildman–Crippen MR) is 73.9 cm³/mol. The predicted octanol–water partition coefficient (Wildman–Crippen LogP) is 3.82. The first kappa shape index (κ1) is 16.3. The van der Waals surface area contributed by atoms with E-state index in [4.69, 9.17) is 11.6 Å². The van der Waals surface area contributed by atoms with Gasteiger partial charge in [-0.15, -0.1) is 0 Å². The summed E-state index contributed by atoms with van der Waals surface area (Å²) in [4.78, 5) is 15.1. The fourth-order valence-corrected chi connectivity index (χ4v) is 1.92. The molecular formula is C13H10ClF4N3O. The summed E-state index contributed by atoms with van der Waals surface area (Å²) in [5.74, 6) is -1.18. The highest BCUT2D eigenvalue weighted by Crippen LogP contribution is 2.28. The van der Waals surface area contributed by atoms with Crippen LogP contribution in [-0.2, 0) is 12.7 Å². The molecule has 0 spiro atoms. The van der Waals surface area contributed by atoms with E-state index in [0.717, 1.165) is 10.6 Å². The molecule has 0 amide bonds. The van der Waals surface area contributed by atoms with Crippen molar-refractivity contribution in [2.75, 3.05) is 5.32 Å². The van der Waals surface area contributed by atoms with Gasteiger partial charge < -0.3 is 5.32 Å². The van der Waals surface area contributed by atoms with Gasteiger partial charge in [0.15, 0.2) is 5.69 Å². The maximum Gasteiger partial charge on any atom is 0.433 e. The molecule has 1 N–H and O–H groups in total. The molecule has 9 heteroatoms. The van der Waals surface area contributed by atoms with E-state index in [9.17, 15) is 22.4 Å². The molecule has 0 aliphatic rings. The zero-order valence-corrected chi connectivity index (χ0v) is 12.0. The van der Waals surface area contributed by atoms with Gasteiger partial charge in [0.2, 0.25) is 5.95 Å². The van der Waals surface area contributed by atoms with E-state index in [1.54, 1.807) is 6.92 Å². The van der Waals surface area contributed by atoms with Gasteiger partial charge in [0.1, 0.15) is 5.82 Å². The molecule has 0 saturated carbocycles. The molecule has 0 radical (unpaired) electrons. The van der Waals surface area contributed by atoms with E-state index in [2.05, 4.69) is 10.3 Å². The molecule has 2 rings (SSSR count). The molecule has 0 bridgehead atoms. The lowest BCUT2D eigenvalue weighted by molar-refractivity contribution is -0.141. The number of rotatable bonds is 3. The molecule has 0 fully saturated rings. The number of hydrogen-bond donors (Lipinski definition) is 1. The first-order valence-corrected chi connectivity index (χ1v) is 6.51. The van der Waals surface area contributed by atoms with E-state index in [0.29, 0.717) is 6.07 Å². The highest BCUT2D eigenvalue weighted by Gasteiger charge is 2.34. The average molecular weight is 336 g/mol. The second kappa shape index (κ2) is 5.96. The molecular weight excluding hydrogens is 326 g/mol. The van der Waals surface area contributed by atoms with Gasteiger partial charge in [0, 0.05) is 17.6 Å². The maximum atomic E-state index is 13.7. The van der Waals surface area contributed by atoms with E-state index in [-0.39, 0.29) is 17.3 Å². The topological polar surface area (TPSA) is 46.9 Å². The van der Waals surface area contributed by atoms with Crippen molar-refractivity contribution in [2.24, 2.45) is 0 Å². The van der Waals surface area contributed by atoms with Crippen molar-refractivity contribution < 1.29 is 17.6 Å². The maximum absolute atomic E-state index is 13.7. The van der Waals surface area contributed by atoms with Crippen molar-refractivity contribution in [3.63, 3.8) is 0 Å². The van der Waals surface area contributed by atoms with Gasteiger partial charge in [-0.2, -0.15) is 13.2 Å². The lowest BCUT2D eigenvalue weighted by Crippen LogP contribution is -2.26. The van der Waals surface area contributed by atoms with E-state index in [1.165, 1.54) is 12.1 Å². The van der Waals surface area contributed by atoms with E-state index < -0.39 is 29.2 Å². The average Bonchev–Trinajstić information content (AvgIpc) is 2.40. The third-order valence-corrected chi connectivity index (χ3v) is 3.03. The number of aromatic nitrogens is 2. The van der Waals surface area contributed by atoms with Gasteiger partial charge in [-0.25, -0.2) is 9.37 Å². The molecule has 0 unspecified atom stereocenters. The summed E-state index contributed by atoms with van der Waals surface area (Å²) in [6.07, 6.45) is -4.78. The van der Waals surface area contributed by atoms with Gasteiger partial charge in [-0.3, -0.25) is 9.36 Å². The molecule has 1 heterocycles. The second-order valence-electron chi connectivity index (χ2n) is 4.29. The summed E-state index contributed by atoms with van der Waals surface area (Å²) < 4.78 is 52.9. The first-order valence-electron chi connectivity index (χ1n) is 6.13. The Labute approximate surface area is 127 Å². The minimum absolute atomic E-state index is 0.0709. The van der Waals surface area contributed by atoms with Crippen molar-refractivity contribution in [1.29, 1.82) is 0 Å². The van der Waals surface area contributed by atoms with E-state index >= 15 is 0 Å². The van der Waals surface area contributed by atoms with Crippen molar-refractivity contribution in [3.05, 3.63) is 51.2 Å². The van der Waals surface area contributed by atoms with Gasteiger partial charge in [-0.05, 0) is 25.1 Å². The minimum Gasteiger partial charge on any atom is -0.323 e. The monoisotopic (exact) mass is 335 g/mol. The largest absolute Gasteiger partial charge is 0.433 e. The van der Waals surface area contributed by atoms with Gasteiger partial charge >= 0.3 is 6.18 Å². The fourth-order valence-electron chi connectivity index (χ4n) is 1.76. The van der Waals surface area contributed by atoms with Crippen LogP contribution in [0.15, 0.2) is 29.1 Å². The Bertz CT molecular complexity index is 758. The van der Waals surface area contributed by atoms with Crippen LogP contribution in [0.3, 0.4) is 0 Å². The van der Waals surface area contributed by atoms with Crippen LogP contribution >= 0.6 is 11.6 Å². The smallest absolute Gasteiger partial charge is 0.323 e. The van der Waals surface area contributed by atoms with Crippen LogP contribution in [0.25, 0.3) is 0 Å². The molecule has 1 aromatic heterocycles. The van der Waals surface area contributed by atoms with Crippen LogP contribution in [0.1, 0.15) is 12.6 Å². The Hall–Kier alpha value is -2.09. The summed E-state index contributed by atoms with van der Waals surface area (Å²) in [7, 11) is 0. The summed E-state index contributed by atoms with van der Waals surface area (Å²) in [6, 6.07) is 3.98. The van der Waals surface area contributed by atoms with Gasteiger partial charge in [0.25, 0.3) is 5.56 Å². The number of anilines is 2. The van der Waals surface area contributed by atoms with Crippen LogP contribution in [0.4, 0.5) is 29.2 Å². The quantitative estimate of drug-likeness (QED) is 0.867. The van der Waals surface area contributed by atoms with Crippen molar-refractivity contribution in [2.45, 2.75) is 19.6 Å². The van der Waals surface area contributed by atoms with Crippen molar-refractivity contribution >= 4 is 23.2 Å². The molecule has 22 heavy (non-hydrogen) atoms. The molecule has 1 aromatic carbocycles. The number of nitrogens with zero attached hydrogens (tertiary/aromatic N) is 2. The molecule has 0 aliphatic carbocycles. The standard InChI is InChI=1S/C13H10ClF4N3O/c1-2-21-11(22)6-10(13(16,17)18)20-12(21)19-9-4-3-7(14)5-8(9)15/h3-6H,2H2,1H3,(H,19,20). The number of benzene rings is 1. The molecule has 118 valence electrons. The summed E-state index contributed by atoms with van der Waals surface area (Å²) in [6.45, 7) is 1.63. The number of hydrogen-bond acceptors (Lipinski definition) is 3.